The average molecular weight is 537 g/mol. The smallest absolute Gasteiger partial charge is 0.410 e. The lowest BCUT2D eigenvalue weighted by atomic mass is 9.89. The lowest BCUT2D eigenvalue weighted by Gasteiger charge is -2.44. The molecule has 2 rings (SSSR count). The number of rotatable bonds is 11. The number of piperidine rings is 1. The number of ether oxygens (including phenoxy) is 5. The van der Waals surface area contributed by atoms with Crippen LogP contribution in [-0.4, -0.2) is 92.6 Å². The number of amides is 2. The maximum Gasteiger partial charge on any atom is 0.410 e. The van der Waals surface area contributed by atoms with E-state index in [9.17, 15) is 14.4 Å². The second-order valence-electron chi connectivity index (χ2n) is 10.5. The van der Waals surface area contributed by atoms with Crippen molar-refractivity contribution < 1.29 is 38.1 Å². The molecule has 0 aliphatic carbocycles. The van der Waals surface area contributed by atoms with E-state index in [-0.39, 0.29) is 31.1 Å². The van der Waals surface area contributed by atoms with Gasteiger partial charge in [-0.25, -0.2) is 4.79 Å². The number of carbonyl (C=O) groups excluding carboxylic acids is 3. The lowest BCUT2D eigenvalue weighted by molar-refractivity contribution is -0.152. The van der Waals surface area contributed by atoms with Crippen LogP contribution in [0.2, 0.25) is 0 Å². The van der Waals surface area contributed by atoms with E-state index in [1.807, 2.05) is 13.8 Å². The van der Waals surface area contributed by atoms with Crippen LogP contribution >= 0.6 is 0 Å². The molecule has 0 spiro atoms. The minimum atomic E-state index is -0.666. The Balaban J connectivity index is 2.40. The molecule has 2 amide bonds. The third kappa shape index (κ3) is 8.51. The highest BCUT2D eigenvalue weighted by Gasteiger charge is 2.43. The summed E-state index contributed by atoms with van der Waals surface area (Å²) < 4.78 is 27.3. The van der Waals surface area contributed by atoms with Crippen LogP contribution in [-0.2, 0) is 19.0 Å². The van der Waals surface area contributed by atoms with E-state index < -0.39 is 23.7 Å². The summed E-state index contributed by atoms with van der Waals surface area (Å²) in [6.45, 7) is 12.6. The molecule has 1 saturated heterocycles. The van der Waals surface area contributed by atoms with Gasteiger partial charge >= 0.3 is 12.1 Å². The number of carbonyl (C=O) groups is 3. The number of hydrogen-bond acceptors (Lipinski definition) is 8. The maximum absolute atomic E-state index is 14.0. The van der Waals surface area contributed by atoms with Crippen molar-refractivity contribution in [3.63, 3.8) is 0 Å². The minimum Gasteiger partial charge on any atom is -0.493 e. The third-order valence-corrected chi connectivity index (χ3v) is 6.13. The second-order valence-corrected chi connectivity index (χ2v) is 10.5. The molecule has 2 atom stereocenters. The first-order valence-corrected chi connectivity index (χ1v) is 13.2. The van der Waals surface area contributed by atoms with Crippen molar-refractivity contribution in [2.24, 2.45) is 5.92 Å². The summed E-state index contributed by atoms with van der Waals surface area (Å²) in [5.74, 6) is -0.290. The van der Waals surface area contributed by atoms with Gasteiger partial charge in [0.25, 0.3) is 5.91 Å². The van der Waals surface area contributed by atoms with Gasteiger partial charge < -0.3 is 33.5 Å². The molecule has 0 saturated carbocycles. The van der Waals surface area contributed by atoms with Gasteiger partial charge in [0.15, 0.2) is 11.5 Å². The molecule has 10 nitrogen and oxygen atoms in total. The molecule has 1 aromatic carbocycles. The van der Waals surface area contributed by atoms with Crippen LogP contribution < -0.4 is 9.47 Å². The molecule has 0 bridgehead atoms. The Kier molecular flexibility index (Phi) is 11.7. The number of benzene rings is 1. The van der Waals surface area contributed by atoms with Crippen molar-refractivity contribution in [2.75, 3.05) is 47.1 Å². The fourth-order valence-corrected chi connectivity index (χ4v) is 4.46. The van der Waals surface area contributed by atoms with Gasteiger partial charge in [0.1, 0.15) is 5.60 Å². The summed E-state index contributed by atoms with van der Waals surface area (Å²) >= 11 is 0. The predicted molar refractivity (Wildman–Crippen MR) is 143 cm³/mol. The standard InChI is InChI=1S/C28H44N2O8/c1-9-36-26(32)21-13-14-29(27(33)38-28(4,5)6)18-22(21)30(19(2)3)25(31)20-11-12-23(35-8)24(17-20)37-16-10-15-34-7/h11-12,17,19,21-22H,9-10,13-16,18H2,1-8H3. The van der Waals surface area contributed by atoms with Gasteiger partial charge in [0, 0.05) is 44.8 Å². The molecule has 10 heteroatoms. The normalized spacial score (nSPS) is 17.7. The summed E-state index contributed by atoms with van der Waals surface area (Å²) in [7, 11) is 3.16. The predicted octanol–water partition coefficient (Wildman–Crippen LogP) is 4.15. The van der Waals surface area contributed by atoms with Crippen molar-refractivity contribution in [1.82, 2.24) is 9.80 Å². The highest BCUT2D eigenvalue weighted by Crippen LogP contribution is 2.32. The second kappa shape index (κ2) is 14.2. The van der Waals surface area contributed by atoms with Crippen LogP contribution in [0.5, 0.6) is 11.5 Å². The van der Waals surface area contributed by atoms with Crippen LogP contribution in [0.15, 0.2) is 18.2 Å². The van der Waals surface area contributed by atoms with Gasteiger partial charge in [-0.2, -0.15) is 0 Å². The van der Waals surface area contributed by atoms with Crippen LogP contribution in [0.4, 0.5) is 4.79 Å². The molecule has 214 valence electrons. The van der Waals surface area contributed by atoms with Gasteiger partial charge in [-0.1, -0.05) is 0 Å². The average Bonchev–Trinajstić information content (AvgIpc) is 2.85. The van der Waals surface area contributed by atoms with Crippen molar-refractivity contribution in [2.45, 2.75) is 72.1 Å². The van der Waals surface area contributed by atoms with E-state index in [1.165, 1.54) is 7.11 Å². The number of nitrogens with zero attached hydrogens (tertiary/aromatic N) is 2. The topological polar surface area (TPSA) is 104 Å². The van der Waals surface area contributed by atoms with Gasteiger partial charge in [0.05, 0.1) is 32.3 Å². The quantitative estimate of drug-likeness (QED) is 0.307. The molecule has 0 radical (unpaired) electrons. The monoisotopic (exact) mass is 536 g/mol. The Bertz CT molecular complexity index is 943. The van der Waals surface area contributed by atoms with Crippen LogP contribution in [0.3, 0.4) is 0 Å². The van der Waals surface area contributed by atoms with Crippen molar-refractivity contribution in [3.8, 4) is 11.5 Å². The van der Waals surface area contributed by atoms with Gasteiger partial charge in [-0.3, -0.25) is 9.59 Å². The zero-order valence-corrected chi connectivity index (χ0v) is 24.1. The molecule has 1 aromatic rings. The molecule has 38 heavy (non-hydrogen) atoms. The number of methoxy groups -OCH3 is 2. The Hall–Kier alpha value is -3.01. The van der Waals surface area contributed by atoms with Crippen molar-refractivity contribution in [1.29, 1.82) is 0 Å². The van der Waals surface area contributed by atoms with E-state index in [0.29, 0.717) is 49.7 Å². The van der Waals surface area contributed by atoms with Crippen LogP contribution in [0.25, 0.3) is 0 Å². The van der Waals surface area contributed by atoms with Gasteiger partial charge in [0.2, 0.25) is 0 Å². The molecule has 1 aliphatic rings. The Morgan fingerprint density at radius 3 is 2.39 bits per heavy atom. The number of likely N-dealkylation sites (tertiary alicyclic amines) is 1. The molecule has 1 aliphatic heterocycles. The highest BCUT2D eigenvalue weighted by molar-refractivity contribution is 5.96. The van der Waals surface area contributed by atoms with E-state index >= 15 is 0 Å². The summed E-state index contributed by atoms with van der Waals surface area (Å²) in [6, 6.07) is 4.14. The first kappa shape index (κ1) is 31.2. The summed E-state index contributed by atoms with van der Waals surface area (Å²) in [4.78, 5) is 43.1. The first-order valence-electron chi connectivity index (χ1n) is 13.2. The third-order valence-electron chi connectivity index (χ3n) is 6.13. The lowest BCUT2D eigenvalue weighted by Crippen LogP contribution is -2.59. The van der Waals surface area contributed by atoms with Gasteiger partial charge in [-0.15, -0.1) is 0 Å². The zero-order valence-electron chi connectivity index (χ0n) is 24.1. The summed E-state index contributed by atoms with van der Waals surface area (Å²) in [5.41, 5.74) is -0.279. The molecular formula is C28H44N2O8. The molecule has 1 heterocycles. The Labute approximate surface area is 226 Å². The van der Waals surface area contributed by atoms with E-state index in [0.717, 1.165) is 0 Å². The molecular weight excluding hydrogens is 492 g/mol. The molecule has 2 unspecified atom stereocenters. The molecule has 1 fully saturated rings. The summed E-state index contributed by atoms with van der Waals surface area (Å²) in [5, 5.41) is 0. The fourth-order valence-electron chi connectivity index (χ4n) is 4.46. The molecule has 0 aromatic heterocycles. The molecule has 0 N–H and O–H groups in total. The largest absolute Gasteiger partial charge is 0.493 e. The van der Waals surface area contributed by atoms with E-state index in [4.69, 9.17) is 23.7 Å². The number of hydrogen-bond donors (Lipinski definition) is 0. The van der Waals surface area contributed by atoms with Crippen LogP contribution in [0.1, 0.15) is 64.7 Å². The maximum atomic E-state index is 14.0. The fraction of sp³-hybridized carbons (Fsp3) is 0.679. The summed E-state index contributed by atoms with van der Waals surface area (Å²) in [6.07, 6.45) is 0.562. The van der Waals surface area contributed by atoms with Crippen LogP contribution in [0, 0.1) is 5.92 Å². The van der Waals surface area contributed by atoms with Crippen molar-refractivity contribution >= 4 is 18.0 Å². The van der Waals surface area contributed by atoms with E-state index in [1.54, 1.807) is 62.8 Å². The Morgan fingerprint density at radius 1 is 1.11 bits per heavy atom. The first-order chi connectivity index (χ1) is 17.9. The highest BCUT2D eigenvalue weighted by atomic mass is 16.6. The van der Waals surface area contributed by atoms with E-state index in [2.05, 4.69) is 0 Å². The number of esters is 1. The minimum absolute atomic E-state index is 0.152. The SMILES string of the molecule is CCOC(=O)C1CCN(C(=O)OC(C)(C)C)CC1N(C(=O)c1ccc(OC)c(OCCCOC)c1)C(C)C. The van der Waals surface area contributed by atoms with Crippen molar-refractivity contribution in [3.05, 3.63) is 23.8 Å². The van der Waals surface area contributed by atoms with Gasteiger partial charge in [-0.05, 0) is 66.2 Å². The Morgan fingerprint density at radius 2 is 1.82 bits per heavy atom. The zero-order chi connectivity index (χ0) is 28.5.